The van der Waals surface area contributed by atoms with E-state index in [0.29, 0.717) is 6.07 Å². The van der Waals surface area contributed by atoms with Gasteiger partial charge in [-0.15, -0.1) is 13.2 Å². The van der Waals surface area contributed by atoms with E-state index >= 15 is 0 Å². The summed E-state index contributed by atoms with van der Waals surface area (Å²) >= 11 is 0. The molecule has 0 saturated carbocycles. The van der Waals surface area contributed by atoms with Crippen molar-refractivity contribution >= 4 is 0 Å². The molecule has 96 valence electrons. The number of rotatable bonds is 3. The molecule has 0 fully saturated rings. The number of pyridine rings is 1. The second-order valence-electron chi connectivity index (χ2n) is 2.95. The summed E-state index contributed by atoms with van der Waals surface area (Å²) in [6.07, 6.45) is -8.11. The van der Waals surface area contributed by atoms with Gasteiger partial charge in [-0.3, -0.25) is 4.79 Å². The number of halogens is 5. The highest BCUT2D eigenvalue weighted by atomic mass is 19.4. The maximum atomic E-state index is 12.3. The lowest BCUT2D eigenvalue weighted by molar-refractivity contribution is -0.275. The summed E-state index contributed by atoms with van der Waals surface area (Å²) in [6, 6.07) is 0.338. The highest BCUT2D eigenvalue weighted by Gasteiger charge is 2.33. The van der Waals surface area contributed by atoms with Gasteiger partial charge in [0.05, 0.1) is 11.4 Å². The number of H-pyrrole nitrogens is 1. The molecule has 17 heavy (non-hydrogen) atoms. The number of nitrogens with two attached hydrogens (primary N) is 1. The Morgan fingerprint density at radius 1 is 1.41 bits per heavy atom. The van der Waals surface area contributed by atoms with Gasteiger partial charge in [0.15, 0.2) is 5.75 Å². The lowest BCUT2D eigenvalue weighted by Gasteiger charge is -2.12. The second-order valence-corrected chi connectivity index (χ2v) is 2.95. The molecule has 3 N–H and O–H groups in total. The molecule has 0 bridgehead atoms. The third-order valence-electron chi connectivity index (χ3n) is 1.74. The monoisotopic (exact) mass is 258 g/mol. The van der Waals surface area contributed by atoms with E-state index < -0.39 is 41.9 Å². The van der Waals surface area contributed by atoms with Crippen molar-refractivity contribution in [1.29, 1.82) is 0 Å². The van der Waals surface area contributed by atoms with Crippen LogP contribution in [0.1, 0.15) is 17.8 Å². The zero-order chi connectivity index (χ0) is 13.2. The van der Waals surface area contributed by atoms with Crippen molar-refractivity contribution < 1.29 is 26.7 Å². The number of alkyl halides is 5. The van der Waals surface area contributed by atoms with Crippen LogP contribution in [0.3, 0.4) is 0 Å². The Balaban J connectivity index is 3.27. The van der Waals surface area contributed by atoms with Crippen LogP contribution in [0, 0.1) is 0 Å². The molecule has 1 heterocycles. The first-order valence-corrected chi connectivity index (χ1v) is 4.24. The minimum Gasteiger partial charge on any atom is -0.400 e. The van der Waals surface area contributed by atoms with Crippen LogP contribution in [0.15, 0.2) is 10.9 Å². The largest absolute Gasteiger partial charge is 0.573 e. The summed E-state index contributed by atoms with van der Waals surface area (Å²) in [6.45, 7) is -0.568. The lowest BCUT2D eigenvalue weighted by atomic mass is 10.2. The van der Waals surface area contributed by atoms with Crippen LogP contribution in [-0.4, -0.2) is 11.3 Å². The van der Waals surface area contributed by atoms with E-state index in [2.05, 4.69) is 4.74 Å². The van der Waals surface area contributed by atoms with Crippen LogP contribution in [0.2, 0.25) is 0 Å². The summed E-state index contributed by atoms with van der Waals surface area (Å²) in [5.74, 6) is -1.12. The smallest absolute Gasteiger partial charge is 0.400 e. The van der Waals surface area contributed by atoms with E-state index in [9.17, 15) is 26.7 Å². The van der Waals surface area contributed by atoms with Crippen molar-refractivity contribution in [2.24, 2.45) is 5.73 Å². The van der Waals surface area contributed by atoms with Crippen LogP contribution in [0.25, 0.3) is 0 Å². The van der Waals surface area contributed by atoms with E-state index in [-0.39, 0.29) is 0 Å². The third kappa shape index (κ3) is 3.41. The average Bonchev–Trinajstić information content (AvgIpc) is 2.18. The van der Waals surface area contributed by atoms with E-state index in [1.165, 1.54) is 0 Å². The average molecular weight is 258 g/mol. The molecule has 0 aliphatic rings. The van der Waals surface area contributed by atoms with Gasteiger partial charge in [-0.1, -0.05) is 0 Å². The van der Waals surface area contributed by atoms with Crippen molar-refractivity contribution in [3.05, 3.63) is 27.7 Å². The Morgan fingerprint density at radius 3 is 2.41 bits per heavy atom. The highest BCUT2D eigenvalue weighted by molar-refractivity contribution is 5.30. The summed E-state index contributed by atoms with van der Waals surface area (Å²) in [5, 5.41) is 0. The molecule has 0 aliphatic heterocycles. The van der Waals surface area contributed by atoms with Crippen LogP contribution < -0.4 is 15.9 Å². The van der Waals surface area contributed by atoms with Crippen LogP contribution >= 0.6 is 0 Å². The number of aromatic nitrogens is 1. The van der Waals surface area contributed by atoms with Crippen molar-refractivity contribution in [1.82, 2.24) is 4.98 Å². The number of aromatic amines is 1. The molecule has 0 aromatic carbocycles. The fraction of sp³-hybridized carbons (Fsp3) is 0.375. The normalized spacial score (nSPS) is 11.9. The standard InChI is InChI=1S/C8H7F5N2O2/c9-7(10)3-1-5(16)6(4(2-14)15-3)17-8(11,12)13/h1,7H,2,14H2,(H,15,16). The van der Waals surface area contributed by atoms with Gasteiger partial charge >= 0.3 is 6.36 Å². The van der Waals surface area contributed by atoms with Crippen LogP contribution in [0.5, 0.6) is 5.75 Å². The molecule has 1 rings (SSSR count). The summed E-state index contributed by atoms with van der Waals surface area (Å²) in [7, 11) is 0. The minimum atomic E-state index is -5.09. The van der Waals surface area contributed by atoms with Gasteiger partial charge < -0.3 is 15.5 Å². The van der Waals surface area contributed by atoms with Gasteiger partial charge in [-0.2, -0.15) is 0 Å². The van der Waals surface area contributed by atoms with Crippen LogP contribution in [0.4, 0.5) is 22.0 Å². The number of hydrogen-bond acceptors (Lipinski definition) is 3. The Hall–Kier alpha value is -1.64. The van der Waals surface area contributed by atoms with Gasteiger partial charge in [0.25, 0.3) is 6.43 Å². The molecule has 0 amide bonds. The molecule has 0 unspecified atom stereocenters. The van der Waals surface area contributed by atoms with Gasteiger partial charge in [0.1, 0.15) is 0 Å². The van der Waals surface area contributed by atoms with Crippen molar-refractivity contribution in [3.8, 4) is 5.75 Å². The fourth-order valence-corrected chi connectivity index (χ4v) is 1.11. The van der Waals surface area contributed by atoms with Crippen molar-refractivity contribution in [3.63, 3.8) is 0 Å². The maximum Gasteiger partial charge on any atom is 0.573 e. The molecular weight excluding hydrogens is 251 g/mol. The zero-order valence-corrected chi connectivity index (χ0v) is 8.15. The Morgan fingerprint density at radius 2 is 2.00 bits per heavy atom. The molecule has 9 heteroatoms. The SMILES string of the molecule is NCc1[nH]c(C(F)F)cc(=O)c1OC(F)(F)F. The predicted octanol–water partition coefficient (Wildman–Crippen LogP) is 1.67. The van der Waals surface area contributed by atoms with Crippen molar-refractivity contribution in [2.75, 3.05) is 0 Å². The number of hydrogen-bond donors (Lipinski definition) is 2. The second kappa shape index (κ2) is 4.70. The van der Waals surface area contributed by atoms with Gasteiger partial charge in [-0.05, 0) is 0 Å². The van der Waals surface area contributed by atoms with E-state index in [1.807, 2.05) is 4.98 Å². The molecule has 0 spiro atoms. The Kier molecular flexibility index (Phi) is 3.71. The first kappa shape index (κ1) is 13.4. The molecule has 0 radical (unpaired) electrons. The van der Waals surface area contributed by atoms with E-state index in [1.54, 1.807) is 0 Å². The van der Waals surface area contributed by atoms with Crippen LogP contribution in [-0.2, 0) is 6.54 Å². The quantitative estimate of drug-likeness (QED) is 0.810. The number of nitrogens with one attached hydrogen (secondary N) is 1. The minimum absolute atomic E-state index is 0.338. The molecule has 0 aliphatic carbocycles. The summed E-state index contributed by atoms with van der Waals surface area (Å²) in [5.41, 5.74) is 2.38. The first-order valence-electron chi connectivity index (χ1n) is 4.24. The summed E-state index contributed by atoms with van der Waals surface area (Å²) in [4.78, 5) is 13.1. The van der Waals surface area contributed by atoms with Crippen molar-refractivity contribution in [2.45, 2.75) is 19.3 Å². The topological polar surface area (TPSA) is 68.1 Å². The predicted molar refractivity (Wildman–Crippen MR) is 46.6 cm³/mol. The van der Waals surface area contributed by atoms with Gasteiger partial charge in [0, 0.05) is 12.6 Å². The molecule has 1 aromatic heterocycles. The highest BCUT2D eigenvalue weighted by Crippen LogP contribution is 2.24. The zero-order valence-electron chi connectivity index (χ0n) is 8.15. The molecule has 4 nitrogen and oxygen atoms in total. The third-order valence-corrected chi connectivity index (χ3v) is 1.74. The lowest BCUT2D eigenvalue weighted by Crippen LogP contribution is -2.24. The Bertz CT molecular complexity index is 454. The number of ether oxygens (including phenoxy) is 1. The molecule has 0 saturated heterocycles. The first-order chi connectivity index (χ1) is 7.74. The molecule has 1 aromatic rings. The summed E-state index contributed by atoms with van der Waals surface area (Å²) < 4.78 is 63.7. The van der Waals surface area contributed by atoms with Gasteiger partial charge in [-0.25, -0.2) is 8.78 Å². The Labute approximate surface area is 91.2 Å². The van der Waals surface area contributed by atoms with E-state index in [4.69, 9.17) is 5.73 Å². The maximum absolute atomic E-state index is 12.3. The molecular formula is C8H7F5N2O2. The molecule has 0 atom stereocenters. The van der Waals surface area contributed by atoms with E-state index in [0.717, 1.165) is 0 Å². The van der Waals surface area contributed by atoms with Gasteiger partial charge in [0.2, 0.25) is 5.43 Å². The fourth-order valence-electron chi connectivity index (χ4n) is 1.11.